The lowest BCUT2D eigenvalue weighted by atomic mass is 10.0. The highest BCUT2D eigenvalue weighted by Crippen LogP contribution is 2.29. The highest BCUT2D eigenvalue weighted by molar-refractivity contribution is 5.70. The Morgan fingerprint density at radius 3 is 2.42 bits per heavy atom. The first-order chi connectivity index (χ1) is 9.24. The van der Waals surface area contributed by atoms with Crippen molar-refractivity contribution < 1.29 is 0 Å². The molecule has 0 unspecified atom stereocenters. The maximum Gasteiger partial charge on any atom is 0.0391 e. The molecule has 0 atom stereocenters. The molecule has 2 heteroatoms. The molecule has 100 valence electrons. The Labute approximate surface area is 115 Å². The van der Waals surface area contributed by atoms with Crippen LogP contribution in [-0.4, -0.2) is 23.0 Å². The molecule has 0 saturated carbocycles. The summed E-state index contributed by atoms with van der Waals surface area (Å²) in [5.74, 6) is 0. The highest BCUT2D eigenvalue weighted by Gasteiger charge is 2.16. The van der Waals surface area contributed by atoms with Gasteiger partial charge in [-0.1, -0.05) is 29.8 Å². The molecule has 1 aliphatic rings. The van der Waals surface area contributed by atoms with Gasteiger partial charge >= 0.3 is 0 Å². The average molecular weight is 254 g/mol. The number of aryl methyl sites for hydroxylation is 2. The van der Waals surface area contributed by atoms with Crippen LogP contribution >= 0.6 is 0 Å². The van der Waals surface area contributed by atoms with E-state index in [1.807, 2.05) is 0 Å². The van der Waals surface area contributed by atoms with Crippen LogP contribution in [0.1, 0.15) is 29.7 Å². The molecule has 0 amide bonds. The van der Waals surface area contributed by atoms with Crippen molar-refractivity contribution in [2.45, 2.75) is 33.2 Å². The van der Waals surface area contributed by atoms with Crippen LogP contribution in [0.5, 0.6) is 0 Å². The van der Waals surface area contributed by atoms with E-state index in [1.54, 1.807) is 0 Å². The number of nitrogens with one attached hydrogen (secondary N) is 1. The Hall–Kier alpha value is -1.54. The molecule has 19 heavy (non-hydrogen) atoms. The van der Waals surface area contributed by atoms with E-state index in [1.165, 1.54) is 53.9 Å². The van der Waals surface area contributed by atoms with Gasteiger partial charge in [0.1, 0.15) is 0 Å². The van der Waals surface area contributed by atoms with Gasteiger partial charge < -0.3 is 4.98 Å². The molecule has 0 radical (unpaired) electrons. The number of hydrogen-bond donors (Lipinski definition) is 1. The lowest BCUT2D eigenvalue weighted by Gasteiger charge is -2.15. The second kappa shape index (κ2) is 5.22. The second-order valence-corrected chi connectivity index (χ2v) is 5.67. The summed E-state index contributed by atoms with van der Waals surface area (Å²) in [5.41, 5.74) is 6.75. The fourth-order valence-electron chi connectivity index (χ4n) is 2.99. The summed E-state index contributed by atoms with van der Waals surface area (Å²) in [6, 6.07) is 8.86. The number of H-pyrrole nitrogens is 1. The Balaban J connectivity index is 1.91. The number of aromatic nitrogens is 1. The van der Waals surface area contributed by atoms with Crippen molar-refractivity contribution in [3.05, 3.63) is 47.3 Å². The van der Waals surface area contributed by atoms with Crippen LogP contribution in [0.3, 0.4) is 0 Å². The Morgan fingerprint density at radius 1 is 1.05 bits per heavy atom. The maximum absolute atomic E-state index is 3.47. The van der Waals surface area contributed by atoms with E-state index >= 15 is 0 Å². The lowest BCUT2D eigenvalue weighted by Crippen LogP contribution is -2.19. The highest BCUT2D eigenvalue weighted by atomic mass is 15.1. The topological polar surface area (TPSA) is 19.0 Å². The van der Waals surface area contributed by atoms with Gasteiger partial charge in [0, 0.05) is 24.0 Å². The second-order valence-electron chi connectivity index (χ2n) is 5.67. The van der Waals surface area contributed by atoms with Crippen LogP contribution in [0.2, 0.25) is 0 Å². The van der Waals surface area contributed by atoms with Crippen molar-refractivity contribution in [2.24, 2.45) is 0 Å². The average Bonchev–Trinajstić information content (AvgIpc) is 3.02. The monoisotopic (exact) mass is 254 g/mol. The van der Waals surface area contributed by atoms with Gasteiger partial charge in [0.2, 0.25) is 0 Å². The Morgan fingerprint density at radius 2 is 1.74 bits per heavy atom. The number of aromatic amines is 1. The van der Waals surface area contributed by atoms with E-state index in [0.29, 0.717) is 0 Å². The van der Waals surface area contributed by atoms with Crippen LogP contribution in [-0.2, 0) is 6.54 Å². The first-order valence-corrected chi connectivity index (χ1v) is 7.20. The van der Waals surface area contributed by atoms with Crippen molar-refractivity contribution in [2.75, 3.05) is 13.1 Å². The molecule has 2 aromatic rings. The van der Waals surface area contributed by atoms with E-state index in [9.17, 15) is 0 Å². The zero-order valence-electron chi connectivity index (χ0n) is 11.9. The van der Waals surface area contributed by atoms with E-state index < -0.39 is 0 Å². The van der Waals surface area contributed by atoms with E-state index in [2.05, 4.69) is 54.2 Å². The van der Waals surface area contributed by atoms with Crippen molar-refractivity contribution in [1.29, 1.82) is 0 Å². The minimum atomic E-state index is 1.05. The van der Waals surface area contributed by atoms with Gasteiger partial charge in [-0.25, -0.2) is 0 Å². The van der Waals surface area contributed by atoms with Gasteiger partial charge in [-0.2, -0.15) is 0 Å². The molecule has 1 aliphatic heterocycles. The summed E-state index contributed by atoms with van der Waals surface area (Å²) >= 11 is 0. The first kappa shape index (κ1) is 12.5. The van der Waals surface area contributed by atoms with Gasteiger partial charge in [0.15, 0.2) is 0 Å². The third kappa shape index (κ3) is 2.59. The zero-order chi connectivity index (χ0) is 13.2. The third-order valence-corrected chi connectivity index (χ3v) is 4.08. The SMILES string of the molecule is Cc1ccc(-c2c(C)c[nH]c2CN2CCCC2)cc1. The largest absolute Gasteiger partial charge is 0.363 e. The summed E-state index contributed by atoms with van der Waals surface area (Å²) < 4.78 is 0. The van der Waals surface area contributed by atoms with Crippen molar-refractivity contribution in [3.63, 3.8) is 0 Å². The molecule has 1 saturated heterocycles. The van der Waals surface area contributed by atoms with Crippen LogP contribution in [0.4, 0.5) is 0 Å². The van der Waals surface area contributed by atoms with E-state index in [4.69, 9.17) is 0 Å². The molecule has 1 aromatic heterocycles. The first-order valence-electron chi connectivity index (χ1n) is 7.20. The predicted molar refractivity (Wildman–Crippen MR) is 80.2 cm³/mol. The molecule has 1 N–H and O–H groups in total. The normalized spacial score (nSPS) is 16.1. The maximum atomic E-state index is 3.47. The van der Waals surface area contributed by atoms with Gasteiger partial charge in [-0.05, 0) is 50.9 Å². The number of hydrogen-bond acceptors (Lipinski definition) is 1. The molecular weight excluding hydrogens is 232 g/mol. The van der Waals surface area contributed by atoms with E-state index in [0.717, 1.165) is 6.54 Å². The number of likely N-dealkylation sites (tertiary alicyclic amines) is 1. The van der Waals surface area contributed by atoms with Crippen LogP contribution in [0.15, 0.2) is 30.5 Å². The number of benzene rings is 1. The third-order valence-electron chi connectivity index (χ3n) is 4.08. The molecule has 2 heterocycles. The standard InChI is InChI=1S/C17H22N2/c1-13-5-7-15(8-6-13)17-14(2)11-18-16(17)12-19-9-3-4-10-19/h5-8,11,18H,3-4,9-10,12H2,1-2H3. The summed E-state index contributed by atoms with van der Waals surface area (Å²) in [7, 11) is 0. The van der Waals surface area contributed by atoms with Crippen molar-refractivity contribution in [3.8, 4) is 11.1 Å². The van der Waals surface area contributed by atoms with E-state index in [-0.39, 0.29) is 0 Å². The summed E-state index contributed by atoms with van der Waals surface area (Å²) in [6.07, 6.45) is 4.83. The number of nitrogens with zero attached hydrogens (tertiary/aromatic N) is 1. The Bertz CT molecular complexity index is 545. The summed E-state index contributed by atoms with van der Waals surface area (Å²) in [4.78, 5) is 6.02. The molecule has 0 spiro atoms. The van der Waals surface area contributed by atoms with Gasteiger partial charge in [-0.15, -0.1) is 0 Å². The lowest BCUT2D eigenvalue weighted by molar-refractivity contribution is 0.328. The van der Waals surface area contributed by atoms with Gasteiger partial charge in [-0.3, -0.25) is 4.90 Å². The van der Waals surface area contributed by atoms with Gasteiger partial charge in [0.05, 0.1) is 0 Å². The Kier molecular flexibility index (Phi) is 3.43. The quantitative estimate of drug-likeness (QED) is 0.880. The molecule has 0 aliphatic carbocycles. The minimum absolute atomic E-state index is 1.05. The number of rotatable bonds is 3. The summed E-state index contributed by atoms with van der Waals surface area (Å²) in [5, 5.41) is 0. The van der Waals surface area contributed by atoms with Crippen molar-refractivity contribution in [1.82, 2.24) is 9.88 Å². The van der Waals surface area contributed by atoms with Crippen molar-refractivity contribution >= 4 is 0 Å². The fraction of sp³-hybridized carbons (Fsp3) is 0.412. The van der Waals surface area contributed by atoms with Crippen LogP contribution < -0.4 is 0 Å². The fourth-order valence-corrected chi connectivity index (χ4v) is 2.99. The molecular formula is C17H22N2. The van der Waals surface area contributed by atoms with Crippen LogP contribution in [0, 0.1) is 13.8 Å². The van der Waals surface area contributed by atoms with Crippen LogP contribution in [0.25, 0.3) is 11.1 Å². The van der Waals surface area contributed by atoms with Gasteiger partial charge in [0.25, 0.3) is 0 Å². The minimum Gasteiger partial charge on any atom is -0.363 e. The molecule has 2 nitrogen and oxygen atoms in total. The smallest absolute Gasteiger partial charge is 0.0391 e. The molecule has 1 fully saturated rings. The summed E-state index contributed by atoms with van der Waals surface area (Å²) in [6.45, 7) is 7.87. The molecule has 0 bridgehead atoms. The molecule has 1 aromatic carbocycles. The molecule has 3 rings (SSSR count). The zero-order valence-corrected chi connectivity index (χ0v) is 11.9. The predicted octanol–water partition coefficient (Wildman–Crippen LogP) is 3.89.